The van der Waals surface area contributed by atoms with Crippen LogP contribution in [0.3, 0.4) is 0 Å². The predicted molar refractivity (Wildman–Crippen MR) is 227 cm³/mol. The summed E-state index contributed by atoms with van der Waals surface area (Å²) in [6, 6.07) is 58.7. The topological polar surface area (TPSA) is 66.0 Å². The van der Waals surface area contributed by atoms with Crippen molar-refractivity contribution >= 4 is 38.9 Å². The molecule has 57 heavy (non-hydrogen) atoms. The number of nitrogens with zero attached hydrogens (tertiary/aromatic N) is 4. The van der Waals surface area contributed by atoms with E-state index in [0.717, 1.165) is 72.5 Å². The number of aromatic nitrogens is 4. The molecule has 0 N–H and O–H groups in total. The van der Waals surface area contributed by atoms with Crippen LogP contribution in [0.4, 0.5) is 0 Å². The monoisotopic (exact) mass is 732 g/mol. The average Bonchev–Trinajstić information content (AvgIpc) is 3.96. The minimum atomic E-state index is -0.158. The van der Waals surface area contributed by atoms with Gasteiger partial charge in [-0.15, -0.1) is 0 Å². The van der Waals surface area contributed by atoms with Gasteiger partial charge in [0.25, 0.3) is 0 Å². The van der Waals surface area contributed by atoms with E-state index in [2.05, 4.69) is 150 Å². The number of ether oxygens (including phenoxy) is 1. The Kier molecular flexibility index (Phi) is 6.95. The Labute approximate surface area is 328 Å². The minimum absolute atomic E-state index is 0.0329. The van der Waals surface area contributed by atoms with Crippen molar-refractivity contribution in [3.63, 3.8) is 0 Å². The largest absolute Gasteiger partial charge is 0.484 e. The second kappa shape index (κ2) is 12.5. The first kappa shape index (κ1) is 31.7. The van der Waals surface area contributed by atoms with Crippen LogP contribution in [-0.4, -0.2) is 19.5 Å². The van der Waals surface area contributed by atoms with E-state index in [-0.39, 0.29) is 12.0 Å². The second-order valence-corrected chi connectivity index (χ2v) is 14.7. The standard InChI is InChI=1S/C51H32N4O2/c1-3-11-31(12-4-1)32-19-21-33(22-20-32)49-52-50(34-23-27-45-40(29-34)37-15-8-10-18-44(37)56-45)54-51(53-49)35-24-28-46-41(30-35)38-25-26-43-47(48(38)57-46)39-16-7-9-17-42(39)55(43)36-13-5-2-6-14-36/h1-30,38,48H. The first-order chi connectivity index (χ1) is 28.2. The summed E-state index contributed by atoms with van der Waals surface area (Å²) in [5.41, 5.74) is 12.5. The van der Waals surface area contributed by atoms with E-state index >= 15 is 0 Å². The molecule has 0 saturated heterocycles. The molecule has 0 fully saturated rings. The maximum absolute atomic E-state index is 6.86. The Balaban J connectivity index is 0.979. The molecule has 2 atom stereocenters. The molecule has 6 nitrogen and oxygen atoms in total. The highest BCUT2D eigenvalue weighted by Gasteiger charge is 2.40. The van der Waals surface area contributed by atoms with Crippen molar-refractivity contribution in [1.29, 1.82) is 0 Å². The number of hydrogen-bond donors (Lipinski definition) is 0. The molecular formula is C51H32N4O2. The number of para-hydroxylation sites is 3. The van der Waals surface area contributed by atoms with Gasteiger partial charge in [-0.1, -0.05) is 115 Å². The first-order valence-corrected chi connectivity index (χ1v) is 19.3. The number of hydrogen-bond acceptors (Lipinski definition) is 5. The summed E-state index contributed by atoms with van der Waals surface area (Å²) in [5, 5.41) is 3.29. The van der Waals surface area contributed by atoms with Crippen molar-refractivity contribution in [1.82, 2.24) is 19.5 Å². The van der Waals surface area contributed by atoms with Gasteiger partial charge in [-0.3, -0.25) is 0 Å². The van der Waals surface area contributed by atoms with Crippen LogP contribution in [-0.2, 0) is 0 Å². The molecule has 0 radical (unpaired) electrons. The number of benzene rings is 7. The SMILES string of the molecule is C1=CC2c3cc(-c4nc(-c5ccc(-c6ccccc6)cc5)nc(-c5ccc6oc7ccccc7c6c5)n4)ccc3OC2c2c1n(-c1ccccc1)c1ccccc21. The Hall–Kier alpha value is -7.57. The molecule has 0 amide bonds. The third-order valence-corrected chi connectivity index (χ3v) is 11.4. The molecule has 0 spiro atoms. The van der Waals surface area contributed by atoms with Gasteiger partial charge in [-0.2, -0.15) is 0 Å². The van der Waals surface area contributed by atoms with E-state index in [1.165, 1.54) is 16.5 Å². The summed E-state index contributed by atoms with van der Waals surface area (Å²) in [6.07, 6.45) is 4.40. The van der Waals surface area contributed by atoms with Crippen LogP contribution in [0, 0.1) is 0 Å². The van der Waals surface area contributed by atoms with Gasteiger partial charge in [-0.05, 0) is 77.9 Å². The fourth-order valence-corrected chi connectivity index (χ4v) is 8.74. The highest BCUT2D eigenvalue weighted by atomic mass is 16.5. The van der Waals surface area contributed by atoms with E-state index in [4.69, 9.17) is 24.1 Å². The Morgan fingerprint density at radius 1 is 0.474 bits per heavy atom. The van der Waals surface area contributed by atoms with Gasteiger partial charge in [0.05, 0.1) is 11.2 Å². The third kappa shape index (κ3) is 5.07. The van der Waals surface area contributed by atoms with Crippen LogP contribution in [0.5, 0.6) is 5.75 Å². The first-order valence-electron chi connectivity index (χ1n) is 19.3. The fourth-order valence-electron chi connectivity index (χ4n) is 8.74. The molecule has 7 aromatic carbocycles. The van der Waals surface area contributed by atoms with Crippen molar-refractivity contribution in [3.05, 3.63) is 193 Å². The summed E-state index contributed by atoms with van der Waals surface area (Å²) >= 11 is 0. The second-order valence-electron chi connectivity index (χ2n) is 14.7. The van der Waals surface area contributed by atoms with Gasteiger partial charge < -0.3 is 13.7 Å². The van der Waals surface area contributed by atoms with Gasteiger partial charge >= 0.3 is 0 Å². The summed E-state index contributed by atoms with van der Waals surface area (Å²) in [6.45, 7) is 0. The molecule has 0 bridgehead atoms. The van der Waals surface area contributed by atoms with Gasteiger partial charge in [0.2, 0.25) is 0 Å². The molecule has 268 valence electrons. The molecule has 0 saturated carbocycles. The lowest BCUT2D eigenvalue weighted by atomic mass is 9.85. The predicted octanol–water partition coefficient (Wildman–Crippen LogP) is 12.6. The van der Waals surface area contributed by atoms with Crippen LogP contribution < -0.4 is 4.74 Å². The summed E-state index contributed by atoms with van der Waals surface area (Å²) in [4.78, 5) is 15.4. The van der Waals surface area contributed by atoms with Crippen LogP contribution in [0.25, 0.3) is 89.9 Å². The van der Waals surface area contributed by atoms with Crippen molar-refractivity contribution in [2.24, 2.45) is 0 Å². The highest BCUT2D eigenvalue weighted by molar-refractivity contribution is 6.06. The Bertz CT molecular complexity index is 3220. The molecule has 2 unspecified atom stereocenters. The van der Waals surface area contributed by atoms with E-state index in [0.29, 0.717) is 17.5 Å². The number of furan rings is 1. The fraction of sp³-hybridized carbons (Fsp3) is 0.0392. The van der Waals surface area contributed by atoms with Crippen LogP contribution in [0.15, 0.2) is 180 Å². The van der Waals surface area contributed by atoms with Crippen LogP contribution in [0.2, 0.25) is 0 Å². The summed E-state index contributed by atoms with van der Waals surface area (Å²) in [7, 11) is 0. The highest BCUT2D eigenvalue weighted by Crippen LogP contribution is 2.53. The number of fused-ring (bicyclic) bond motifs is 10. The quantitative estimate of drug-likeness (QED) is 0.176. The maximum atomic E-state index is 6.86. The van der Waals surface area contributed by atoms with Gasteiger partial charge in [0.15, 0.2) is 17.5 Å². The lowest BCUT2D eigenvalue weighted by Gasteiger charge is -2.22. The summed E-state index contributed by atoms with van der Waals surface area (Å²) < 4.78 is 15.4. The minimum Gasteiger partial charge on any atom is -0.484 e. The lowest BCUT2D eigenvalue weighted by Crippen LogP contribution is -2.13. The zero-order valence-electron chi connectivity index (χ0n) is 30.6. The van der Waals surface area contributed by atoms with Crippen molar-refractivity contribution in [2.75, 3.05) is 0 Å². The normalized spacial score (nSPS) is 15.4. The van der Waals surface area contributed by atoms with Gasteiger partial charge in [0, 0.05) is 55.6 Å². The molecule has 1 aliphatic carbocycles. The van der Waals surface area contributed by atoms with Gasteiger partial charge in [0.1, 0.15) is 23.0 Å². The zero-order valence-corrected chi connectivity index (χ0v) is 30.6. The average molecular weight is 733 g/mol. The zero-order chi connectivity index (χ0) is 37.5. The van der Waals surface area contributed by atoms with Crippen molar-refractivity contribution in [3.8, 4) is 56.7 Å². The molecule has 6 heteroatoms. The van der Waals surface area contributed by atoms with E-state index < -0.39 is 0 Å². The summed E-state index contributed by atoms with van der Waals surface area (Å²) in [5.74, 6) is 2.72. The van der Waals surface area contributed by atoms with Crippen molar-refractivity contribution in [2.45, 2.75) is 12.0 Å². The Morgan fingerprint density at radius 3 is 1.88 bits per heavy atom. The van der Waals surface area contributed by atoms with Crippen LogP contribution >= 0.6 is 0 Å². The number of rotatable bonds is 5. The van der Waals surface area contributed by atoms with Gasteiger partial charge in [-0.25, -0.2) is 15.0 Å². The maximum Gasteiger partial charge on any atom is 0.164 e. The van der Waals surface area contributed by atoms with Crippen molar-refractivity contribution < 1.29 is 9.15 Å². The molecule has 10 aromatic rings. The van der Waals surface area contributed by atoms with E-state index in [1.54, 1.807) is 0 Å². The smallest absolute Gasteiger partial charge is 0.164 e. The van der Waals surface area contributed by atoms with E-state index in [1.807, 2.05) is 36.4 Å². The Morgan fingerprint density at radius 2 is 1.07 bits per heavy atom. The molecule has 2 aliphatic rings. The molecule has 12 rings (SSSR count). The third-order valence-electron chi connectivity index (χ3n) is 11.4. The molecular weight excluding hydrogens is 701 g/mol. The molecule has 1 aliphatic heterocycles. The van der Waals surface area contributed by atoms with E-state index in [9.17, 15) is 0 Å². The molecule has 4 heterocycles. The van der Waals surface area contributed by atoms with Crippen LogP contribution in [0.1, 0.15) is 28.8 Å². The lowest BCUT2D eigenvalue weighted by molar-refractivity contribution is 0.224. The molecule has 3 aromatic heterocycles.